The Morgan fingerprint density at radius 2 is 2.57 bits per heavy atom. The van der Waals surface area contributed by atoms with E-state index >= 15 is 0 Å². The molecule has 2 rings (SSSR count). The summed E-state index contributed by atoms with van der Waals surface area (Å²) in [7, 11) is 0. The van der Waals surface area contributed by atoms with Crippen LogP contribution in [0.2, 0.25) is 0 Å². The minimum Gasteiger partial charge on any atom is -0.390 e. The third-order valence-corrected chi connectivity index (χ3v) is 2.36. The highest BCUT2D eigenvalue weighted by Gasteiger charge is 2.20. The van der Waals surface area contributed by atoms with Crippen molar-refractivity contribution in [2.45, 2.75) is 32.0 Å². The predicted molar refractivity (Wildman–Crippen MR) is 49.3 cm³/mol. The Hall–Kier alpha value is -1.36. The number of carbonyl (C=O) groups is 1. The zero-order valence-electron chi connectivity index (χ0n) is 7.81. The van der Waals surface area contributed by atoms with Crippen molar-refractivity contribution in [1.82, 2.24) is 14.9 Å². The van der Waals surface area contributed by atoms with Crippen LogP contribution in [-0.2, 0) is 17.9 Å². The summed E-state index contributed by atoms with van der Waals surface area (Å²) >= 11 is 0. The van der Waals surface area contributed by atoms with Crippen molar-refractivity contribution in [3.63, 3.8) is 0 Å². The molecule has 0 saturated carbocycles. The topological polar surface area (TPSA) is 67.2 Å². The van der Waals surface area contributed by atoms with E-state index in [9.17, 15) is 4.79 Å². The molecule has 76 valence electrons. The number of aliphatic hydroxyl groups excluding tert-OH is 1. The van der Waals surface area contributed by atoms with Crippen LogP contribution in [0.15, 0.2) is 12.5 Å². The minimum absolute atomic E-state index is 0.0377. The van der Waals surface area contributed by atoms with Gasteiger partial charge >= 0.3 is 0 Å². The molecule has 1 saturated heterocycles. The molecule has 5 nitrogen and oxygen atoms in total. The number of carbonyl (C=O) groups excluding carboxylic acids is 1. The van der Waals surface area contributed by atoms with Crippen LogP contribution < -0.4 is 5.32 Å². The molecule has 0 spiro atoms. The summed E-state index contributed by atoms with van der Waals surface area (Å²) in [6.07, 6.45) is 4.97. The first kappa shape index (κ1) is 9.21. The number of hydrogen-bond acceptors (Lipinski definition) is 3. The normalized spacial score (nSPS) is 21.2. The first-order valence-corrected chi connectivity index (χ1v) is 4.69. The van der Waals surface area contributed by atoms with Gasteiger partial charge in [-0.25, -0.2) is 4.98 Å². The van der Waals surface area contributed by atoms with E-state index in [0.29, 0.717) is 12.1 Å². The molecule has 1 unspecified atom stereocenters. The van der Waals surface area contributed by atoms with Crippen molar-refractivity contribution < 1.29 is 9.90 Å². The second kappa shape index (κ2) is 3.79. The van der Waals surface area contributed by atoms with Crippen LogP contribution >= 0.6 is 0 Å². The molecule has 1 fully saturated rings. The first-order valence-electron chi connectivity index (χ1n) is 4.69. The summed E-state index contributed by atoms with van der Waals surface area (Å²) in [6.45, 7) is 0.697. The Kier molecular flexibility index (Phi) is 2.49. The lowest BCUT2D eigenvalue weighted by Crippen LogP contribution is -2.29. The molecule has 0 aliphatic carbocycles. The lowest BCUT2D eigenvalue weighted by atomic mass is 10.2. The van der Waals surface area contributed by atoms with Gasteiger partial charge < -0.3 is 15.0 Å². The van der Waals surface area contributed by atoms with Gasteiger partial charge in [0, 0.05) is 25.2 Å². The fourth-order valence-corrected chi connectivity index (χ4v) is 1.66. The molecule has 2 N–H and O–H groups in total. The molecule has 0 radical (unpaired) electrons. The molecule has 5 heteroatoms. The molecule has 2 heterocycles. The van der Waals surface area contributed by atoms with E-state index < -0.39 is 0 Å². The standard InChI is InChI=1S/C9H13N3O2/c13-5-8-4-12(6-10-8)3-7-1-2-9(14)11-7/h4,6-7,13H,1-3,5H2,(H,11,14). The van der Waals surface area contributed by atoms with Gasteiger partial charge in [0.2, 0.25) is 5.91 Å². The fourth-order valence-electron chi connectivity index (χ4n) is 1.66. The molecule has 14 heavy (non-hydrogen) atoms. The highest BCUT2D eigenvalue weighted by molar-refractivity contribution is 5.78. The number of amides is 1. The highest BCUT2D eigenvalue weighted by Crippen LogP contribution is 2.09. The summed E-state index contributed by atoms with van der Waals surface area (Å²) < 4.78 is 1.89. The van der Waals surface area contributed by atoms with Crippen LogP contribution in [0.1, 0.15) is 18.5 Å². The molecule has 1 atom stereocenters. The van der Waals surface area contributed by atoms with E-state index in [0.717, 1.165) is 13.0 Å². The third-order valence-electron chi connectivity index (χ3n) is 2.36. The maximum atomic E-state index is 10.9. The van der Waals surface area contributed by atoms with Crippen molar-refractivity contribution >= 4 is 5.91 Å². The van der Waals surface area contributed by atoms with Crippen molar-refractivity contribution in [2.24, 2.45) is 0 Å². The van der Waals surface area contributed by atoms with Crippen LogP contribution in [-0.4, -0.2) is 26.6 Å². The summed E-state index contributed by atoms with van der Waals surface area (Å²) in [6, 6.07) is 0.211. The van der Waals surface area contributed by atoms with E-state index in [1.807, 2.05) is 4.57 Å². The zero-order valence-corrected chi connectivity index (χ0v) is 7.81. The molecular weight excluding hydrogens is 182 g/mol. The predicted octanol–water partition coefficient (Wildman–Crippen LogP) is -0.346. The molecule has 1 aliphatic rings. The van der Waals surface area contributed by atoms with Gasteiger partial charge in [-0.15, -0.1) is 0 Å². The molecule has 1 aromatic heterocycles. The SMILES string of the molecule is O=C1CCC(Cn2cnc(CO)c2)N1. The van der Waals surface area contributed by atoms with E-state index in [-0.39, 0.29) is 18.6 Å². The molecule has 0 aromatic carbocycles. The maximum absolute atomic E-state index is 10.9. The van der Waals surface area contributed by atoms with Gasteiger partial charge in [-0.3, -0.25) is 4.79 Å². The third kappa shape index (κ3) is 1.93. The van der Waals surface area contributed by atoms with Crippen LogP contribution in [0.4, 0.5) is 0 Å². The summed E-state index contributed by atoms with van der Waals surface area (Å²) in [4.78, 5) is 14.9. The van der Waals surface area contributed by atoms with Crippen molar-refractivity contribution in [2.75, 3.05) is 0 Å². The molecule has 0 bridgehead atoms. The Balaban J connectivity index is 1.93. The number of aliphatic hydroxyl groups is 1. The number of aromatic nitrogens is 2. The average Bonchev–Trinajstić information content (AvgIpc) is 2.76. The van der Waals surface area contributed by atoms with Crippen LogP contribution in [0.3, 0.4) is 0 Å². The first-order chi connectivity index (χ1) is 6.78. The molecular formula is C9H13N3O2. The van der Waals surface area contributed by atoms with Crippen LogP contribution in [0.25, 0.3) is 0 Å². The van der Waals surface area contributed by atoms with Crippen LogP contribution in [0.5, 0.6) is 0 Å². The van der Waals surface area contributed by atoms with E-state index in [1.54, 1.807) is 12.5 Å². The minimum atomic E-state index is -0.0377. The number of nitrogens with one attached hydrogen (secondary N) is 1. The highest BCUT2D eigenvalue weighted by atomic mass is 16.3. The van der Waals surface area contributed by atoms with Crippen LogP contribution in [0, 0.1) is 0 Å². The number of hydrogen-bond donors (Lipinski definition) is 2. The van der Waals surface area contributed by atoms with Crippen molar-refractivity contribution in [1.29, 1.82) is 0 Å². The van der Waals surface area contributed by atoms with Gasteiger partial charge in [0.15, 0.2) is 0 Å². The Labute approximate surface area is 81.8 Å². The van der Waals surface area contributed by atoms with Gasteiger partial charge in [-0.2, -0.15) is 0 Å². The average molecular weight is 195 g/mol. The quantitative estimate of drug-likeness (QED) is 0.693. The number of imidazole rings is 1. The van der Waals surface area contributed by atoms with Gasteiger partial charge in [0.05, 0.1) is 18.6 Å². The summed E-state index contributed by atoms with van der Waals surface area (Å²) in [5.41, 5.74) is 0.661. The number of nitrogens with zero attached hydrogens (tertiary/aromatic N) is 2. The smallest absolute Gasteiger partial charge is 0.220 e. The second-order valence-electron chi connectivity index (χ2n) is 3.52. The molecule has 1 amide bonds. The number of rotatable bonds is 3. The van der Waals surface area contributed by atoms with E-state index in [2.05, 4.69) is 10.3 Å². The Morgan fingerprint density at radius 1 is 1.71 bits per heavy atom. The van der Waals surface area contributed by atoms with Gasteiger partial charge in [-0.05, 0) is 6.42 Å². The second-order valence-corrected chi connectivity index (χ2v) is 3.52. The lowest BCUT2D eigenvalue weighted by molar-refractivity contribution is -0.119. The van der Waals surface area contributed by atoms with E-state index in [4.69, 9.17) is 5.11 Å². The monoisotopic (exact) mass is 195 g/mol. The Morgan fingerprint density at radius 3 is 3.14 bits per heavy atom. The Bertz CT molecular complexity index is 335. The zero-order chi connectivity index (χ0) is 9.97. The van der Waals surface area contributed by atoms with Gasteiger partial charge in [0.25, 0.3) is 0 Å². The molecule has 1 aliphatic heterocycles. The summed E-state index contributed by atoms with van der Waals surface area (Å²) in [5, 5.41) is 11.7. The fraction of sp³-hybridized carbons (Fsp3) is 0.556. The maximum Gasteiger partial charge on any atom is 0.220 e. The van der Waals surface area contributed by atoms with Gasteiger partial charge in [-0.1, -0.05) is 0 Å². The van der Waals surface area contributed by atoms with Gasteiger partial charge in [0.1, 0.15) is 0 Å². The van der Waals surface area contributed by atoms with Crippen molar-refractivity contribution in [3.05, 3.63) is 18.2 Å². The molecule has 1 aromatic rings. The largest absolute Gasteiger partial charge is 0.390 e. The van der Waals surface area contributed by atoms with E-state index in [1.165, 1.54) is 0 Å². The summed E-state index contributed by atoms with van der Waals surface area (Å²) in [5.74, 6) is 0.123. The van der Waals surface area contributed by atoms with Crippen molar-refractivity contribution in [3.8, 4) is 0 Å². The lowest BCUT2D eigenvalue weighted by Gasteiger charge is -2.09.